The Morgan fingerprint density at radius 3 is 2.18 bits per heavy atom. The Morgan fingerprint density at radius 2 is 1.68 bits per heavy atom. The van der Waals surface area contributed by atoms with E-state index in [0.29, 0.717) is 17.9 Å². The SMILES string of the molecule is CN(C)C(CNC(=O)Nc1ccc(NC(=O)OC(C)(C)C)cc1)c1ccco1. The Kier molecular flexibility index (Phi) is 7.06. The van der Waals surface area contributed by atoms with E-state index in [0.717, 1.165) is 5.76 Å². The average molecular weight is 388 g/mol. The number of benzene rings is 1. The van der Waals surface area contributed by atoms with Crippen molar-refractivity contribution in [3.8, 4) is 0 Å². The summed E-state index contributed by atoms with van der Waals surface area (Å²) >= 11 is 0. The predicted octanol–water partition coefficient (Wildman–Crippen LogP) is 4.05. The molecule has 0 aliphatic rings. The second-order valence-electron chi connectivity index (χ2n) is 7.53. The third-order valence-corrected chi connectivity index (χ3v) is 3.74. The van der Waals surface area contributed by atoms with Gasteiger partial charge in [0, 0.05) is 17.9 Å². The fourth-order valence-electron chi connectivity index (χ4n) is 2.44. The van der Waals surface area contributed by atoms with Crippen LogP contribution in [0.1, 0.15) is 32.6 Å². The second kappa shape index (κ2) is 9.27. The summed E-state index contributed by atoms with van der Waals surface area (Å²) in [5.74, 6) is 0.780. The number of urea groups is 1. The van der Waals surface area contributed by atoms with E-state index in [-0.39, 0.29) is 12.1 Å². The van der Waals surface area contributed by atoms with Gasteiger partial charge in [0.05, 0.1) is 12.3 Å². The van der Waals surface area contributed by atoms with Gasteiger partial charge in [0.25, 0.3) is 0 Å². The lowest BCUT2D eigenvalue weighted by molar-refractivity contribution is 0.0636. The van der Waals surface area contributed by atoms with E-state index in [1.807, 2.05) is 31.1 Å². The quantitative estimate of drug-likeness (QED) is 0.694. The largest absolute Gasteiger partial charge is 0.468 e. The summed E-state index contributed by atoms with van der Waals surface area (Å²) in [6.07, 6.45) is 1.08. The molecule has 0 aliphatic heterocycles. The molecular formula is C20H28N4O4. The van der Waals surface area contributed by atoms with E-state index in [9.17, 15) is 9.59 Å². The molecule has 0 saturated heterocycles. The molecule has 0 bridgehead atoms. The number of hydrogen-bond donors (Lipinski definition) is 3. The molecule has 0 radical (unpaired) electrons. The molecule has 0 fully saturated rings. The summed E-state index contributed by atoms with van der Waals surface area (Å²) in [5, 5.41) is 8.23. The number of nitrogens with zero attached hydrogens (tertiary/aromatic N) is 1. The molecule has 2 aromatic rings. The number of ether oxygens (including phenoxy) is 1. The van der Waals surface area contributed by atoms with Gasteiger partial charge in [-0.1, -0.05) is 0 Å². The molecule has 152 valence electrons. The van der Waals surface area contributed by atoms with Crippen molar-refractivity contribution in [2.24, 2.45) is 0 Å². The lowest BCUT2D eigenvalue weighted by Crippen LogP contribution is -2.36. The average Bonchev–Trinajstić information content (AvgIpc) is 3.09. The number of anilines is 2. The van der Waals surface area contributed by atoms with Crippen LogP contribution in [0.5, 0.6) is 0 Å². The van der Waals surface area contributed by atoms with Crippen molar-refractivity contribution in [1.29, 1.82) is 0 Å². The van der Waals surface area contributed by atoms with E-state index in [2.05, 4.69) is 16.0 Å². The topological polar surface area (TPSA) is 95.8 Å². The minimum atomic E-state index is -0.566. The fourth-order valence-corrected chi connectivity index (χ4v) is 2.44. The predicted molar refractivity (Wildman–Crippen MR) is 108 cm³/mol. The molecule has 3 amide bonds. The Balaban J connectivity index is 1.84. The summed E-state index contributed by atoms with van der Waals surface area (Å²) in [5.41, 5.74) is 0.612. The van der Waals surface area contributed by atoms with Crippen molar-refractivity contribution in [1.82, 2.24) is 10.2 Å². The highest BCUT2D eigenvalue weighted by Crippen LogP contribution is 2.18. The number of likely N-dealkylation sites (N-methyl/N-ethyl adjacent to an activating group) is 1. The summed E-state index contributed by atoms with van der Waals surface area (Å²) < 4.78 is 10.6. The van der Waals surface area contributed by atoms with Crippen LogP contribution in [0.3, 0.4) is 0 Å². The van der Waals surface area contributed by atoms with E-state index < -0.39 is 11.7 Å². The molecule has 8 heteroatoms. The lowest BCUT2D eigenvalue weighted by Gasteiger charge is -2.22. The maximum Gasteiger partial charge on any atom is 0.412 e. The molecule has 1 unspecified atom stereocenters. The smallest absolute Gasteiger partial charge is 0.412 e. The minimum Gasteiger partial charge on any atom is -0.468 e. The van der Waals surface area contributed by atoms with Crippen molar-refractivity contribution in [2.45, 2.75) is 32.4 Å². The van der Waals surface area contributed by atoms with Crippen LogP contribution in [-0.2, 0) is 4.74 Å². The van der Waals surface area contributed by atoms with Crippen molar-refractivity contribution < 1.29 is 18.7 Å². The molecule has 0 spiro atoms. The van der Waals surface area contributed by atoms with Crippen molar-refractivity contribution >= 4 is 23.5 Å². The van der Waals surface area contributed by atoms with Gasteiger partial charge >= 0.3 is 12.1 Å². The first kappa shape index (κ1) is 21.3. The van der Waals surface area contributed by atoms with Crippen LogP contribution in [0.25, 0.3) is 0 Å². The zero-order chi connectivity index (χ0) is 20.7. The van der Waals surface area contributed by atoms with Gasteiger partial charge in [-0.2, -0.15) is 0 Å². The summed E-state index contributed by atoms with van der Waals surface area (Å²) in [4.78, 5) is 25.9. The van der Waals surface area contributed by atoms with Gasteiger partial charge in [-0.05, 0) is 71.3 Å². The third kappa shape index (κ3) is 6.96. The number of rotatable bonds is 6. The number of furan rings is 1. The summed E-state index contributed by atoms with van der Waals surface area (Å²) in [6, 6.07) is 10.1. The Hall–Kier alpha value is -3.00. The molecule has 0 saturated carbocycles. The van der Waals surface area contributed by atoms with Crippen LogP contribution in [0.4, 0.5) is 21.0 Å². The Bertz CT molecular complexity index is 765. The second-order valence-corrected chi connectivity index (χ2v) is 7.53. The molecule has 1 aromatic carbocycles. The monoisotopic (exact) mass is 388 g/mol. The van der Waals surface area contributed by atoms with E-state index >= 15 is 0 Å². The Morgan fingerprint density at radius 1 is 1.07 bits per heavy atom. The van der Waals surface area contributed by atoms with Gasteiger partial charge in [0.2, 0.25) is 0 Å². The molecule has 2 rings (SSSR count). The van der Waals surface area contributed by atoms with Gasteiger partial charge in [-0.15, -0.1) is 0 Å². The maximum atomic E-state index is 12.2. The number of hydrogen-bond acceptors (Lipinski definition) is 5. The van der Waals surface area contributed by atoms with Gasteiger partial charge in [-0.25, -0.2) is 9.59 Å². The molecule has 1 atom stereocenters. The molecule has 1 heterocycles. The third-order valence-electron chi connectivity index (χ3n) is 3.74. The lowest BCUT2D eigenvalue weighted by atomic mass is 10.2. The van der Waals surface area contributed by atoms with Gasteiger partial charge in [0.15, 0.2) is 0 Å². The summed E-state index contributed by atoms with van der Waals surface area (Å²) in [7, 11) is 3.84. The number of amides is 3. The first-order valence-electron chi connectivity index (χ1n) is 8.99. The van der Waals surface area contributed by atoms with Crippen molar-refractivity contribution in [3.63, 3.8) is 0 Å². The van der Waals surface area contributed by atoms with Gasteiger partial charge < -0.3 is 19.8 Å². The highest BCUT2D eigenvalue weighted by Gasteiger charge is 2.18. The molecule has 0 aliphatic carbocycles. The van der Waals surface area contributed by atoms with Crippen LogP contribution in [0.15, 0.2) is 47.1 Å². The zero-order valence-electron chi connectivity index (χ0n) is 16.9. The molecule has 3 N–H and O–H groups in total. The van der Waals surface area contributed by atoms with E-state index in [4.69, 9.17) is 9.15 Å². The highest BCUT2D eigenvalue weighted by molar-refractivity contribution is 5.90. The van der Waals surface area contributed by atoms with E-state index in [1.165, 1.54) is 0 Å². The number of carbonyl (C=O) groups excluding carboxylic acids is 2. The standard InChI is InChI=1S/C20H28N4O4/c1-20(2,3)28-19(26)23-15-10-8-14(9-11-15)22-18(25)21-13-16(24(4)5)17-7-6-12-27-17/h6-12,16H,13H2,1-5H3,(H,23,26)(H2,21,22,25). The van der Waals surface area contributed by atoms with Gasteiger partial charge in [-0.3, -0.25) is 10.2 Å². The molecule has 8 nitrogen and oxygen atoms in total. The molecule has 28 heavy (non-hydrogen) atoms. The first-order valence-corrected chi connectivity index (χ1v) is 8.99. The minimum absolute atomic E-state index is 0.0684. The normalized spacial score (nSPS) is 12.4. The highest BCUT2D eigenvalue weighted by atomic mass is 16.6. The number of nitrogens with one attached hydrogen (secondary N) is 3. The van der Waals surface area contributed by atoms with Crippen molar-refractivity contribution in [2.75, 3.05) is 31.3 Å². The van der Waals surface area contributed by atoms with Crippen LogP contribution in [0.2, 0.25) is 0 Å². The van der Waals surface area contributed by atoms with Gasteiger partial charge in [0.1, 0.15) is 11.4 Å². The van der Waals surface area contributed by atoms with Crippen LogP contribution >= 0.6 is 0 Å². The summed E-state index contributed by atoms with van der Waals surface area (Å²) in [6.45, 7) is 5.78. The van der Waals surface area contributed by atoms with E-state index in [1.54, 1.807) is 51.3 Å². The number of carbonyl (C=O) groups is 2. The molecular weight excluding hydrogens is 360 g/mol. The van der Waals surface area contributed by atoms with Crippen LogP contribution in [0, 0.1) is 0 Å². The van der Waals surface area contributed by atoms with Crippen molar-refractivity contribution in [3.05, 3.63) is 48.4 Å². The molecule has 1 aromatic heterocycles. The fraction of sp³-hybridized carbons (Fsp3) is 0.400. The van der Waals surface area contributed by atoms with Crippen LogP contribution in [-0.4, -0.2) is 43.3 Å². The first-order chi connectivity index (χ1) is 13.1. The Labute approximate surface area is 165 Å². The zero-order valence-corrected chi connectivity index (χ0v) is 16.9. The van der Waals surface area contributed by atoms with Crippen LogP contribution < -0.4 is 16.0 Å². The maximum absolute atomic E-state index is 12.2.